The predicted octanol–water partition coefficient (Wildman–Crippen LogP) is 4.48. The van der Waals surface area contributed by atoms with Gasteiger partial charge in [-0.05, 0) is 35.2 Å². The Labute approximate surface area is 125 Å². The van der Waals surface area contributed by atoms with Crippen molar-refractivity contribution in [1.29, 1.82) is 0 Å². The van der Waals surface area contributed by atoms with Crippen LogP contribution in [0.25, 0.3) is 0 Å². The Balaban J connectivity index is 2.45. The van der Waals surface area contributed by atoms with E-state index in [0.717, 1.165) is 24.4 Å². The number of benzene rings is 1. The number of thiophene rings is 1. The average molecular weight is 397 g/mol. The number of hydrogen-bond acceptors (Lipinski definition) is 3. The van der Waals surface area contributed by atoms with Gasteiger partial charge in [0.2, 0.25) is 0 Å². The fraction of sp³-hybridized carbons (Fsp3) is 0.0909. The van der Waals surface area contributed by atoms with Gasteiger partial charge in [-0.3, -0.25) is 5.84 Å². The lowest BCUT2D eigenvalue weighted by Gasteiger charge is -2.16. The molecule has 0 aliphatic heterocycles. The van der Waals surface area contributed by atoms with E-state index < -0.39 is 0 Å². The number of hydrogen-bond donors (Lipinski definition) is 2. The predicted molar refractivity (Wildman–Crippen MR) is 80.3 cm³/mol. The molecule has 1 unspecified atom stereocenters. The third-order valence-corrected chi connectivity index (χ3v) is 4.63. The van der Waals surface area contributed by atoms with E-state index in [0.29, 0.717) is 0 Å². The molecule has 2 rings (SSSR count). The third kappa shape index (κ3) is 3.10. The first-order valence-electron chi connectivity index (χ1n) is 4.77. The number of hydrazine groups is 1. The monoisotopic (exact) mass is 394 g/mol. The van der Waals surface area contributed by atoms with Gasteiger partial charge >= 0.3 is 0 Å². The molecule has 0 saturated heterocycles. The van der Waals surface area contributed by atoms with Crippen molar-refractivity contribution < 1.29 is 0 Å². The summed E-state index contributed by atoms with van der Waals surface area (Å²) in [5.41, 5.74) is 3.85. The molecular formula is C11H9Br2ClN2S. The van der Waals surface area contributed by atoms with Crippen LogP contribution in [0.4, 0.5) is 0 Å². The Kier molecular flexibility index (Phi) is 4.63. The zero-order valence-corrected chi connectivity index (χ0v) is 13.3. The van der Waals surface area contributed by atoms with Gasteiger partial charge in [0.1, 0.15) is 0 Å². The molecular weight excluding hydrogens is 387 g/mol. The van der Waals surface area contributed by atoms with E-state index in [2.05, 4.69) is 37.3 Å². The van der Waals surface area contributed by atoms with Crippen LogP contribution < -0.4 is 11.3 Å². The van der Waals surface area contributed by atoms with Crippen LogP contribution in [0.2, 0.25) is 5.02 Å². The average Bonchev–Trinajstić information content (AvgIpc) is 2.65. The van der Waals surface area contributed by atoms with Crippen molar-refractivity contribution in [3.8, 4) is 0 Å². The van der Waals surface area contributed by atoms with Crippen LogP contribution in [0.5, 0.6) is 0 Å². The maximum atomic E-state index is 6.13. The SMILES string of the molecule is NNC(c1cc(Br)cc(Br)c1)c1sccc1Cl. The molecule has 1 heterocycles. The lowest BCUT2D eigenvalue weighted by molar-refractivity contribution is 0.646. The van der Waals surface area contributed by atoms with Crippen molar-refractivity contribution in [1.82, 2.24) is 5.43 Å². The lowest BCUT2D eigenvalue weighted by atomic mass is 10.1. The van der Waals surface area contributed by atoms with Gasteiger partial charge in [-0.1, -0.05) is 43.5 Å². The van der Waals surface area contributed by atoms with Gasteiger partial charge in [-0.25, -0.2) is 5.43 Å². The highest BCUT2D eigenvalue weighted by Crippen LogP contribution is 2.34. The molecule has 2 aromatic rings. The smallest absolute Gasteiger partial charge is 0.0818 e. The highest BCUT2D eigenvalue weighted by Gasteiger charge is 2.17. The number of nitrogens with one attached hydrogen (secondary N) is 1. The Morgan fingerprint density at radius 2 is 1.88 bits per heavy atom. The number of nitrogens with two attached hydrogens (primary N) is 1. The molecule has 0 aliphatic rings. The highest BCUT2D eigenvalue weighted by molar-refractivity contribution is 9.11. The van der Waals surface area contributed by atoms with E-state index >= 15 is 0 Å². The minimum Gasteiger partial charge on any atom is -0.271 e. The quantitative estimate of drug-likeness (QED) is 0.593. The Morgan fingerprint density at radius 1 is 1.24 bits per heavy atom. The third-order valence-electron chi connectivity index (χ3n) is 2.29. The van der Waals surface area contributed by atoms with Gasteiger partial charge in [0.05, 0.1) is 11.1 Å². The maximum absolute atomic E-state index is 6.13. The van der Waals surface area contributed by atoms with E-state index in [4.69, 9.17) is 17.4 Å². The zero-order valence-electron chi connectivity index (χ0n) is 8.58. The van der Waals surface area contributed by atoms with Crippen molar-refractivity contribution >= 4 is 54.8 Å². The number of halogens is 3. The van der Waals surface area contributed by atoms with Crippen molar-refractivity contribution in [2.75, 3.05) is 0 Å². The normalized spacial score (nSPS) is 12.7. The second kappa shape index (κ2) is 5.82. The van der Waals surface area contributed by atoms with Gasteiger partial charge in [0.15, 0.2) is 0 Å². The van der Waals surface area contributed by atoms with E-state index in [1.54, 1.807) is 11.3 Å². The summed E-state index contributed by atoms with van der Waals surface area (Å²) in [5.74, 6) is 5.63. The molecule has 0 saturated carbocycles. The Morgan fingerprint density at radius 3 is 2.35 bits per heavy atom. The maximum Gasteiger partial charge on any atom is 0.0818 e. The molecule has 6 heteroatoms. The van der Waals surface area contributed by atoms with Gasteiger partial charge in [-0.2, -0.15) is 0 Å². The summed E-state index contributed by atoms with van der Waals surface area (Å²) in [6.45, 7) is 0. The summed E-state index contributed by atoms with van der Waals surface area (Å²) < 4.78 is 1.99. The first kappa shape index (κ1) is 13.5. The second-order valence-corrected chi connectivity index (χ2v) is 6.62. The van der Waals surface area contributed by atoms with Crippen LogP contribution in [0, 0.1) is 0 Å². The molecule has 17 heavy (non-hydrogen) atoms. The van der Waals surface area contributed by atoms with Crippen LogP contribution in [0.1, 0.15) is 16.5 Å². The number of rotatable bonds is 3. The molecule has 1 atom stereocenters. The molecule has 0 spiro atoms. The van der Waals surface area contributed by atoms with Crippen molar-refractivity contribution in [3.63, 3.8) is 0 Å². The molecule has 0 radical (unpaired) electrons. The molecule has 0 bridgehead atoms. The van der Waals surface area contributed by atoms with Gasteiger partial charge in [-0.15, -0.1) is 11.3 Å². The molecule has 1 aromatic heterocycles. The van der Waals surface area contributed by atoms with E-state index in [1.807, 2.05) is 29.6 Å². The van der Waals surface area contributed by atoms with Gasteiger partial charge < -0.3 is 0 Å². The Bertz CT molecular complexity index is 510. The van der Waals surface area contributed by atoms with Crippen LogP contribution in [-0.2, 0) is 0 Å². The van der Waals surface area contributed by atoms with Crippen molar-refractivity contribution in [2.24, 2.45) is 5.84 Å². The summed E-state index contributed by atoms with van der Waals surface area (Å²) in [6.07, 6.45) is 0. The van der Waals surface area contributed by atoms with Crippen molar-refractivity contribution in [3.05, 3.63) is 54.1 Å². The standard InChI is InChI=1S/C11H9Br2ClN2S/c12-7-3-6(4-8(13)5-7)10(16-15)11-9(14)1-2-17-11/h1-5,10,16H,15H2. The molecule has 0 amide bonds. The van der Waals surface area contributed by atoms with Crippen LogP contribution in [0.15, 0.2) is 38.6 Å². The molecule has 0 aliphatic carbocycles. The molecule has 90 valence electrons. The van der Waals surface area contributed by atoms with Crippen molar-refractivity contribution in [2.45, 2.75) is 6.04 Å². The minimum atomic E-state index is -0.101. The molecule has 0 fully saturated rings. The fourth-order valence-electron chi connectivity index (χ4n) is 1.58. The summed E-state index contributed by atoms with van der Waals surface area (Å²) >= 11 is 14.6. The van der Waals surface area contributed by atoms with Crippen LogP contribution in [0.3, 0.4) is 0 Å². The summed E-state index contributed by atoms with van der Waals surface area (Å²) in [6, 6.07) is 7.79. The largest absolute Gasteiger partial charge is 0.271 e. The van der Waals surface area contributed by atoms with Gasteiger partial charge in [0, 0.05) is 13.8 Å². The summed E-state index contributed by atoms with van der Waals surface area (Å²) in [7, 11) is 0. The summed E-state index contributed by atoms with van der Waals surface area (Å²) in [4.78, 5) is 1.01. The molecule has 1 aromatic carbocycles. The van der Waals surface area contributed by atoms with Crippen LogP contribution in [-0.4, -0.2) is 0 Å². The topological polar surface area (TPSA) is 38.0 Å². The molecule has 2 nitrogen and oxygen atoms in total. The first-order valence-corrected chi connectivity index (χ1v) is 7.61. The van der Waals surface area contributed by atoms with Crippen LogP contribution >= 0.6 is 54.8 Å². The van der Waals surface area contributed by atoms with Gasteiger partial charge in [0.25, 0.3) is 0 Å². The Hall–Kier alpha value is 0.0900. The van der Waals surface area contributed by atoms with E-state index in [9.17, 15) is 0 Å². The first-order chi connectivity index (χ1) is 8.11. The zero-order chi connectivity index (χ0) is 12.4. The molecule has 3 N–H and O–H groups in total. The fourth-order valence-corrected chi connectivity index (χ4v) is 4.16. The second-order valence-electron chi connectivity index (χ2n) is 3.44. The van der Waals surface area contributed by atoms with E-state index in [1.165, 1.54) is 0 Å². The highest BCUT2D eigenvalue weighted by atomic mass is 79.9. The lowest BCUT2D eigenvalue weighted by Crippen LogP contribution is -2.28. The minimum absolute atomic E-state index is 0.101. The summed E-state index contributed by atoms with van der Waals surface area (Å²) in [5, 5.41) is 2.68. The van der Waals surface area contributed by atoms with E-state index in [-0.39, 0.29) is 6.04 Å².